The highest BCUT2D eigenvalue weighted by molar-refractivity contribution is 9.11. The highest BCUT2D eigenvalue weighted by Crippen LogP contribution is 2.25. The molecule has 0 amide bonds. The van der Waals surface area contributed by atoms with Gasteiger partial charge in [-0.3, -0.25) is 0 Å². The lowest BCUT2D eigenvalue weighted by Gasteiger charge is -1.97. The number of hydrogen-bond acceptors (Lipinski definition) is 4. The quantitative estimate of drug-likeness (QED) is 0.849. The van der Waals surface area contributed by atoms with E-state index in [4.69, 9.17) is 5.26 Å². The summed E-state index contributed by atoms with van der Waals surface area (Å²) in [6.07, 6.45) is 0. The van der Waals surface area contributed by atoms with E-state index in [1.807, 2.05) is 0 Å². The molecule has 0 radical (unpaired) electrons. The van der Waals surface area contributed by atoms with Crippen molar-refractivity contribution in [2.75, 3.05) is 6.54 Å². The van der Waals surface area contributed by atoms with Crippen molar-refractivity contribution >= 4 is 37.3 Å². The summed E-state index contributed by atoms with van der Waals surface area (Å²) in [6.45, 7) is -0.210. The lowest BCUT2D eigenvalue weighted by atomic mass is 10.7. The maximum absolute atomic E-state index is 11.3. The zero-order valence-electron chi connectivity index (χ0n) is 6.32. The van der Waals surface area contributed by atoms with Crippen LogP contribution in [0.15, 0.2) is 20.1 Å². The fourth-order valence-corrected chi connectivity index (χ4v) is 3.61. The molecule has 0 aliphatic rings. The van der Waals surface area contributed by atoms with E-state index in [-0.39, 0.29) is 10.8 Å². The van der Waals surface area contributed by atoms with E-state index in [1.165, 1.54) is 6.07 Å². The zero-order chi connectivity index (χ0) is 9.90. The van der Waals surface area contributed by atoms with Crippen LogP contribution in [0.25, 0.3) is 0 Å². The van der Waals surface area contributed by atoms with Gasteiger partial charge in [0.2, 0.25) is 0 Å². The van der Waals surface area contributed by atoms with Crippen LogP contribution in [0.5, 0.6) is 0 Å². The van der Waals surface area contributed by atoms with Gasteiger partial charge in [0, 0.05) is 0 Å². The van der Waals surface area contributed by atoms with E-state index in [9.17, 15) is 8.42 Å². The Morgan fingerprint density at radius 2 is 2.31 bits per heavy atom. The molecule has 0 bridgehead atoms. The standard InChI is InChI=1S/C6H5BrN2O2S2/c7-5-1-2-6(12-5)13(10,11)9-4-3-8/h1-2,9H,4H2. The Kier molecular flexibility index (Phi) is 3.44. The van der Waals surface area contributed by atoms with Crippen LogP contribution in [0.1, 0.15) is 0 Å². The van der Waals surface area contributed by atoms with Crippen LogP contribution < -0.4 is 4.72 Å². The van der Waals surface area contributed by atoms with Gasteiger partial charge in [0.15, 0.2) is 0 Å². The monoisotopic (exact) mass is 280 g/mol. The van der Waals surface area contributed by atoms with Crippen molar-refractivity contribution in [2.45, 2.75) is 4.21 Å². The number of rotatable bonds is 3. The first kappa shape index (κ1) is 10.7. The second-order valence-electron chi connectivity index (χ2n) is 2.04. The van der Waals surface area contributed by atoms with Gasteiger partial charge in [-0.1, -0.05) is 0 Å². The van der Waals surface area contributed by atoms with E-state index in [0.717, 1.165) is 15.1 Å². The van der Waals surface area contributed by atoms with E-state index in [0.29, 0.717) is 0 Å². The molecule has 0 saturated heterocycles. The molecule has 0 atom stereocenters. The van der Waals surface area contributed by atoms with Crippen molar-refractivity contribution in [1.29, 1.82) is 5.26 Å². The lowest BCUT2D eigenvalue weighted by Crippen LogP contribution is -2.22. The number of nitrogens with one attached hydrogen (secondary N) is 1. The highest BCUT2D eigenvalue weighted by atomic mass is 79.9. The molecule has 1 aromatic heterocycles. The predicted octanol–water partition coefficient (Wildman–Crippen LogP) is 1.31. The molecule has 0 aromatic carbocycles. The minimum Gasteiger partial charge on any atom is -0.206 e. The zero-order valence-corrected chi connectivity index (χ0v) is 9.54. The van der Waals surface area contributed by atoms with Gasteiger partial charge in [-0.15, -0.1) is 11.3 Å². The second kappa shape index (κ2) is 4.19. The Morgan fingerprint density at radius 3 is 2.77 bits per heavy atom. The molecular weight excluding hydrogens is 276 g/mol. The van der Waals surface area contributed by atoms with Crippen molar-refractivity contribution in [2.24, 2.45) is 0 Å². The number of nitrogens with zero attached hydrogens (tertiary/aromatic N) is 1. The number of nitriles is 1. The van der Waals surface area contributed by atoms with Crippen LogP contribution >= 0.6 is 27.3 Å². The van der Waals surface area contributed by atoms with Crippen molar-refractivity contribution in [1.82, 2.24) is 4.72 Å². The summed E-state index contributed by atoms with van der Waals surface area (Å²) in [7, 11) is -3.49. The Hall–Kier alpha value is -0.420. The maximum atomic E-state index is 11.3. The van der Waals surface area contributed by atoms with Gasteiger partial charge in [-0.2, -0.15) is 9.98 Å². The molecular formula is C6H5BrN2O2S2. The van der Waals surface area contributed by atoms with E-state index >= 15 is 0 Å². The summed E-state index contributed by atoms with van der Waals surface area (Å²) in [4.78, 5) is 0. The molecule has 1 aromatic rings. The molecule has 0 saturated carbocycles. The van der Waals surface area contributed by atoms with Crippen LogP contribution in [0.4, 0.5) is 0 Å². The lowest BCUT2D eigenvalue weighted by molar-refractivity contribution is 0.588. The molecule has 70 valence electrons. The fraction of sp³-hybridized carbons (Fsp3) is 0.167. The Balaban J connectivity index is 2.89. The first-order valence-corrected chi connectivity index (χ1v) is 6.27. The summed E-state index contributed by atoms with van der Waals surface area (Å²) >= 11 is 4.26. The largest absolute Gasteiger partial charge is 0.251 e. The molecule has 1 heterocycles. The van der Waals surface area contributed by atoms with Crippen LogP contribution in [0, 0.1) is 11.3 Å². The molecule has 0 fully saturated rings. The van der Waals surface area contributed by atoms with Crippen LogP contribution in [0.2, 0.25) is 0 Å². The average Bonchev–Trinajstić information content (AvgIpc) is 2.49. The van der Waals surface area contributed by atoms with E-state index < -0.39 is 10.0 Å². The summed E-state index contributed by atoms with van der Waals surface area (Å²) in [6, 6.07) is 4.83. The highest BCUT2D eigenvalue weighted by Gasteiger charge is 2.14. The topological polar surface area (TPSA) is 70.0 Å². The molecule has 0 unspecified atom stereocenters. The number of halogens is 1. The second-order valence-corrected chi connectivity index (χ2v) is 6.50. The Labute approximate surface area is 88.4 Å². The molecule has 13 heavy (non-hydrogen) atoms. The third-order valence-corrected chi connectivity index (χ3v) is 4.67. The normalized spacial score (nSPS) is 11.1. The molecule has 0 aliphatic carbocycles. The smallest absolute Gasteiger partial charge is 0.206 e. The van der Waals surface area contributed by atoms with Gasteiger partial charge in [-0.05, 0) is 28.1 Å². The van der Waals surface area contributed by atoms with Gasteiger partial charge in [-0.25, -0.2) is 8.42 Å². The van der Waals surface area contributed by atoms with Gasteiger partial charge in [0.05, 0.1) is 16.4 Å². The minimum atomic E-state index is -3.49. The summed E-state index contributed by atoms with van der Waals surface area (Å²) < 4.78 is 25.7. The van der Waals surface area contributed by atoms with E-state index in [1.54, 1.807) is 12.1 Å². The summed E-state index contributed by atoms with van der Waals surface area (Å²) in [5.74, 6) is 0. The van der Waals surface area contributed by atoms with Gasteiger partial charge >= 0.3 is 0 Å². The van der Waals surface area contributed by atoms with Gasteiger partial charge < -0.3 is 0 Å². The molecule has 7 heteroatoms. The number of thiophene rings is 1. The van der Waals surface area contributed by atoms with Crippen LogP contribution in [-0.2, 0) is 10.0 Å². The SMILES string of the molecule is N#CCNS(=O)(=O)c1ccc(Br)s1. The van der Waals surface area contributed by atoms with Crippen molar-refractivity contribution in [3.8, 4) is 6.07 Å². The summed E-state index contributed by atoms with van der Waals surface area (Å²) in [5, 5.41) is 8.20. The van der Waals surface area contributed by atoms with Crippen molar-refractivity contribution in [3.05, 3.63) is 15.9 Å². The fourth-order valence-electron chi connectivity index (χ4n) is 0.641. The van der Waals surface area contributed by atoms with Crippen LogP contribution in [-0.4, -0.2) is 15.0 Å². The van der Waals surface area contributed by atoms with E-state index in [2.05, 4.69) is 20.7 Å². The first-order valence-electron chi connectivity index (χ1n) is 3.18. The predicted molar refractivity (Wildman–Crippen MR) is 52.8 cm³/mol. The Morgan fingerprint density at radius 1 is 1.62 bits per heavy atom. The number of sulfonamides is 1. The molecule has 0 spiro atoms. The summed E-state index contributed by atoms with van der Waals surface area (Å²) in [5.41, 5.74) is 0. The van der Waals surface area contributed by atoms with Crippen LogP contribution in [0.3, 0.4) is 0 Å². The molecule has 1 N–H and O–H groups in total. The van der Waals surface area contributed by atoms with Gasteiger partial charge in [0.1, 0.15) is 4.21 Å². The third-order valence-electron chi connectivity index (χ3n) is 1.15. The maximum Gasteiger partial charge on any atom is 0.251 e. The average molecular weight is 281 g/mol. The number of hydrogen-bond donors (Lipinski definition) is 1. The van der Waals surface area contributed by atoms with Crippen molar-refractivity contribution in [3.63, 3.8) is 0 Å². The first-order chi connectivity index (χ1) is 6.06. The molecule has 4 nitrogen and oxygen atoms in total. The minimum absolute atomic E-state index is 0.203. The van der Waals surface area contributed by atoms with Crippen molar-refractivity contribution < 1.29 is 8.42 Å². The molecule has 0 aliphatic heterocycles. The third kappa shape index (κ3) is 2.77. The Bertz CT molecular complexity index is 432. The van der Waals surface area contributed by atoms with Gasteiger partial charge in [0.25, 0.3) is 10.0 Å². The molecule has 1 rings (SSSR count).